The molecular weight excluding hydrogens is 409 g/mol. The molecule has 2 heterocycles. The van der Waals surface area contributed by atoms with Crippen molar-refractivity contribution in [2.45, 2.75) is 89.8 Å². The van der Waals surface area contributed by atoms with Gasteiger partial charge >= 0.3 is 12.1 Å². The molecule has 0 saturated heterocycles. The van der Waals surface area contributed by atoms with Gasteiger partial charge in [-0.3, -0.25) is 14.5 Å². The minimum Gasteiger partial charge on any atom is -0.481 e. The Bertz CT molecular complexity index is 776. The second kappa shape index (κ2) is 13.1. The number of hydrogen-bond acceptors (Lipinski definition) is 4. The number of aromatic nitrogens is 4. The van der Waals surface area contributed by atoms with Gasteiger partial charge in [-0.05, 0) is 25.0 Å². The van der Waals surface area contributed by atoms with Crippen molar-refractivity contribution in [2.75, 3.05) is 0 Å². The number of aliphatic carboxylic acids is 1. The third-order valence-corrected chi connectivity index (χ3v) is 5.17. The lowest BCUT2D eigenvalue weighted by atomic mass is 10.1. The highest BCUT2D eigenvalue weighted by atomic mass is 19.4. The molecule has 0 radical (unpaired) electrons. The zero-order valence-corrected chi connectivity index (χ0v) is 17.8. The second-order valence-electron chi connectivity index (χ2n) is 7.83. The van der Waals surface area contributed by atoms with Crippen molar-refractivity contribution in [3.63, 3.8) is 0 Å². The summed E-state index contributed by atoms with van der Waals surface area (Å²) in [6.45, 7) is 0.734. The smallest absolute Gasteiger partial charge is 0.433 e. The summed E-state index contributed by atoms with van der Waals surface area (Å²) in [5.74, 6) is -0.708. The summed E-state index contributed by atoms with van der Waals surface area (Å²) in [6, 6.07) is 2.31. The fourth-order valence-corrected chi connectivity index (χ4v) is 3.39. The van der Waals surface area contributed by atoms with Gasteiger partial charge in [0.05, 0.1) is 6.20 Å². The normalized spacial score (nSPS) is 11.7. The number of carboxylic acids is 1. The number of unbranched alkanes of at least 4 members (excludes halogenated alkanes) is 10. The fraction of sp³-hybridized carbons (Fsp3) is 0.636. The number of pyridine rings is 1. The zero-order chi connectivity index (χ0) is 22.5. The van der Waals surface area contributed by atoms with Gasteiger partial charge in [-0.15, -0.1) is 5.10 Å². The van der Waals surface area contributed by atoms with Crippen LogP contribution in [0.4, 0.5) is 13.2 Å². The van der Waals surface area contributed by atoms with E-state index in [2.05, 4.69) is 15.3 Å². The first kappa shape index (κ1) is 24.8. The Kier molecular flexibility index (Phi) is 10.5. The Balaban J connectivity index is 1.51. The van der Waals surface area contributed by atoms with Gasteiger partial charge in [-0.25, -0.2) is 0 Å². The van der Waals surface area contributed by atoms with Crippen molar-refractivity contribution in [3.05, 3.63) is 30.2 Å². The van der Waals surface area contributed by atoms with Crippen LogP contribution in [-0.2, 0) is 17.5 Å². The Hall–Kier alpha value is -2.45. The van der Waals surface area contributed by atoms with Gasteiger partial charge in [0, 0.05) is 24.7 Å². The largest absolute Gasteiger partial charge is 0.481 e. The third kappa shape index (κ3) is 9.93. The molecule has 31 heavy (non-hydrogen) atoms. The van der Waals surface area contributed by atoms with Gasteiger partial charge in [-0.1, -0.05) is 63.0 Å². The van der Waals surface area contributed by atoms with Crippen LogP contribution in [0.5, 0.6) is 0 Å². The summed E-state index contributed by atoms with van der Waals surface area (Å²) in [6.07, 6.45) is 11.0. The number of carbonyl (C=O) groups is 1. The summed E-state index contributed by atoms with van der Waals surface area (Å²) in [4.78, 5) is 13.9. The van der Waals surface area contributed by atoms with Crippen molar-refractivity contribution < 1.29 is 23.1 Å². The maximum atomic E-state index is 12.6. The molecule has 1 N–H and O–H groups in total. The molecule has 0 amide bonds. The molecule has 0 unspecified atom stereocenters. The predicted octanol–water partition coefficient (Wildman–Crippen LogP) is 6.12. The molecule has 0 aliphatic carbocycles. The van der Waals surface area contributed by atoms with Crippen molar-refractivity contribution in [3.8, 4) is 11.3 Å². The molecule has 0 spiro atoms. The van der Waals surface area contributed by atoms with Crippen LogP contribution in [0, 0.1) is 0 Å². The van der Waals surface area contributed by atoms with E-state index in [0.29, 0.717) is 11.3 Å². The standard InChI is InChI=1S/C22H31F3N4O2/c23-22(24,25)20-14-13-18(16-26-20)19-17-29(28-27-19)15-11-9-7-5-3-1-2-4-6-8-10-12-21(30)31/h13-14,16-17H,1-12,15H2,(H,30,31). The van der Waals surface area contributed by atoms with Crippen LogP contribution in [0.3, 0.4) is 0 Å². The minimum absolute atomic E-state index is 0.280. The molecule has 0 aliphatic heterocycles. The van der Waals surface area contributed by atoms with Gasteiger partial charge in [-0.2, -0.15) is 13.2 Å². The monoisotopic (exact) mass is 440 g/mol. The first-order chi connectivity index (χ1) is 14.9. The van der Waals surface area contributed by atoms with Gasteiger partial charge in [0.1, 0.15) is 11.4 Å². The lowest BCUT2D eigenvalue weighted by Gasteiger charge is -2.05. The summed E-state index contributed by atoms with van der Waals surface area (Å²) in [5, 5.41) is 16.6. The number of hydrogen-bond donors (Lipinski definition) is 1. The quantitative estimate of drug-likeness (QED) is 0.337. The average Bonchev–Trinajstić information content (AvgIpc) is 3.19. The Morgan fingerprint density at radius 1 is 0.903 bits per heavy atom. The predicted molar refractivity (Wildman–Crippen MR) is 111 cm³/mol. The number of carboxylic acid groups (broad SMARTS) is 1. The lowest BCUT2D eigenvalue weighted by molar-refractivity contribution is -0.141. The van der Waals surface area contributed by atoms with E-state index in [1.165, 1.54) is 50.8 Å². The van der Waals surface area contributed by atoms with E-state index in [4.69, 9.17) is 5.11 Å². The molecule has 0 bridgehead atoms. The SMILES string of the molecule is O=C(O)CCCCCCCCCCCCCn1cc(-c2ccc(C(F)(F)F)nc2)nn1. The maximum Gasteiger partial charge on any atom is 0.433 e. The van der Waals surface area contributed by atoms with E-state index in [-0.39, 0.29) is 6.42 Å². The van der Waals surface area contributed by atoms with Gasteiger partial charge < -0.3 is 5.11 Å². The molecule has 2 aromatic heterocycles. The van der Waals surface area contributed by atoms with Crippen LogP contribution in [0.1, 0.15) is 82.7 Å². The molecule has 0 saturated carbocycles. The van der Waals surface area contributed by atoms with E-state index in [1.54, 1.807) is 10.9 Å². The van der Waals surface area contributed by atoms with Crippen molar-refractivity contribution in [1.82, 2.24) is 20.0 Å². The molecule has 0 fully saturated rings. The van der Waals surface area contributed by atoms with Crippen LogP contribution in [0.25, 0.3) is 11.3 Å². The average molecular weight is 441 g/mol. The Morgan fingerprint density at radius 3 is 2.00 bits per heavy atom. The topological polar surface area (TPSA) is 80.9 Å². The van der Waals surface area contributed by atoms with E-state index in [1.807, 2.05) is 0 Å². The summed E-state index contributed by atoms with van der Waals surface area (Å²) in [5.41, 5.74) is 0.115. The molecule has 0 aliphatic rings. The molecule has 0 atom stereocenters. The van der Waals surface area contributed by atoms with Crippen LogP contribution in [0.2, 0.25) is 0 Å². The van der Waals surface area contributed by atoms with Gasteiger partial charge in [0.25, 0.3) is 0 Å². The second-order valence-corrected chi connectivity index (χ2v) is 7.83. The van der Waals surface area contributed by atoms with Gasteiger partial charge in [0.15, 0.2) is 0 Å². The highest BCUT2D eigenvalue weighted by Gasteiger charge is 2.32. The van der Waals surface area contributed by atoms with E-state index >= 15 is 0 Å². The van der Waals surface area contributed by atoms with Crippen molar-refractivity contribution in [1.29, 1.82) is 0 Å². The summed E-state index contributed by atoms with van der Waals surface area (Å²) >= 11 is 0. The van der Waals surface area contributed by atoms with Crippen LogP contribution < -0.4 is 0 Å². The number of nitrogens with zero attached hydrogens (tertiary/aromatic N) is 4. The first-order valence-corrected chi connectivity index (χ1v) is 11.0. The highest BCUT2D eigenvalue weighted by molar-refractivity contribution is 5.66. The Labute approximate surface area is 180 Å². The van der Waals surface area contributed by atoms with E-state index in [0.717, 1.165) is 44.7 Å². The van der Waals surface area contributed by atoms with Gasteiger partial charge in [0.2, 0.25) is 0 Å². The molecule has 9 heteroatoms. The number of alkyl halides is 3. The molecule has 6 nitrogen and oxygen atoms in total. The number of halogens is 3. The number of rotatable bonds is 15. The molecule has 0 aromatic carbocycles. The maximum absolute atomic E-state index is 12.6. The third-order valence-electron chi connectivity index (χ3n) is 5.17. The minimum atomic E-state index is -4.44. The summed E-state index contributed by atoms with van der Waals surface area (Å²) < 4.78 is 39.5. The molecule has 172 valence electrons. The zero-order valence-electron chi connectivity index (χ0n) is 17.8. The fourth-order valence-electron chi connectivity index (χ4n) is 3.39. The van der Waals surface area contributed by atoms with E-state index < -0.39 is 17.8 Å². The lowest BCUT2D eigenvalue weighted by Crippen LogP contribution is -2.07. The Morgan fingerprint density at radius 2 is 1.48 bits per heavy atom. The van der Waals surface area contributed by atoms with E-state index in [9.17, 15) is 18.0 Å². The highest BCUT2D eigenvalue weighted by Crippen LogP contribution is 2.28. The molecule has 2 aromatic rings. The van der Waals surface area contributed by atoms with Crippen LogP contribution >= 0.6 is 0 Å². The first-order valence-electron chi connectivity index (χ1n) is 11.0. The molecular formula is C22H31F3N4O2. The summed E-state index contributed by atoms with van der Waals surface area (Å²) in [7, 11) is 0. The van der Waals surface area contributed by atoms with Crippen LogP contribution in [-0.4, -0.2) is 31.1 Å². The van der Waals surface area contributed by atoms with Crippen LogP contribution in [0.15, 0.2) is 24.5 Å². The van der Waals surface area contributed by atoms with Crippen molar-refractivity contribution in [2.24, 2.45) is 0 Å². The van der Waals surface area contributed by atoms with Crippen molar-refractivity contribution >= 4 is 5.97 Å². The number of aryl methyl sites for hydroxylation is 1. The molecule has 2 rings (SSSR count).